The van der Waals surface area contributed by atoms with Gasteiger partial charge in [-0.05, 0) is 6.92 Å². The van der Waals surface area contributed by atoms with Crippen molar-refractivity contribution in [2.75, 3.05) is 11.6 Å². The first kappa shape index (κ1) is 8.89. The standard InChI is InChI=1S/C8H12N6/c1-3-14(9)8-6-7(10-4-11-8)13(2)5-12-6/h4-5H,3,9H2,1-2H3. The van der Waals surface area contributed by atoms with Gasteiger partial charge in [0.2, 0.25) is 0 Å². The molecular formula is C8H12N6. The SMILES string of the molecule is CCN(N)c1ncnc2c1ncn2C. The maximum Gasteiger partial charge on any atom is 0.174 e. The number of rotatable bonds is 2. The molecule has 0 atom stereocenters. The number of nitrogens with two attached hydrogens (primary N) is 1. The maximum atomic E-state index is 5.76. The second-order valence-corrected chi connectivity index (χ2v) is 3.01. The summed E-state index contributed by atoms with van der Waals surface area (Å²) in [6.07, 6.45) is 3.20. The molecule has 14 heavy (non-hydrogen) atoms. The van der Waals surface area contributed by atoms with Gasteiger partial charge in [-0.15, -0.1) is 0 Å². The summed E-state index contributed by atoms with van der Waals surface area (Å²) >= 11 is 0. The summed E-state index contributed by atoms with van der Waals surface area (Å²) < 4.78 is 1.84. The zero-order chi connectivity index (χ0) is 10.1. The number of hydrogen-bond acceptors (Lipinski definition) is 5. The molecule has 0 aliphatic rings. The lowest BCUT2D eigenvalue weighted by Gasteiger charge is -2.14. The van der Waals surface area contributed by atoms with Crippen molar-refractivity contribution in [2.45, 2.75) is 6.92 Å². The van der Waals surface area contributed by atoms with Crippen LogP contribution in [0.2, 0.25) is 0 Å². The average Bonchev–Trinajstić information content (AvgIpc) is 2.59. The minimum Gasteiger partial charge on any atom is -0.318 e. The third-order valence-corrected chi connectivity index (χ3v) is 2.09. The molecule has 2 heterocycles. The third kappa shape index (κ3) is 1.20. The molecule has 0 radical (unpaired) electrons. The minimum absolute atomic E-state index is 0.665. The molecular weight excluding hydrogens is 180 g/mol. The normalized spacial score (nSPS) is 10.8. The van der Waals surface area contributed by atoms with E-state index in [1.54, 1.807) is 11.3 Å². The largest absolute Gasteiger partial charge is 0.318 e. The van der Waals surface area contributed by atoms with E-state index in [0.29, 0.717) is 12.4 Å². The molecule has 2 aromatic rings. The van der Waals surface area contributed by atoms with E-state index in [-0.39, 0.29) is 0 Å². The summed E-state index contributed by atoms with van der Waals surface area (Å²) in [7, 11) is 1.89. The predicted octanol–water partition coefficient (Wildman–Crippen LogP) is 0.0633. The van der Waals surface area contributed by atoms with E-state index in [0.717, 1.165) is 11.2 Å². The highest BCUT2D eigenvalue weighted by Gasteiger charge is 2.10. The van der Waals surface area contributed by atoms with Gasteiger partial charge >= 0.3 is 0 Å². The van der Waals surface area contributed by atoms with Gasteiger partial charge in [0, 0.05) is 13.6 Å². The highest BCUT2D eigenvalue weighted by atomic mass is 15.4. The molecule has 0 aromatic carbocycles. The van der Waals surface area contributed by atoms with Crippen LogP contribution in [0.3, 0.4) is 0 Å². The lowest BCUT2D eigenvalue weighted by Crippen LogP contribution is -2.31. The highest BCUT2D eigenvalue weighted by molar-refractivity contribution is 5.82. The van der Waals surface area contributed by atoms with Crippen molar-refractivity contribution in [3.63, 3.8) is 0 Å². The molecule has 0 unspecified atom stereocenters. The summed E-state index contributed by atoms with van der Waals surface area (Å²) in [5.74, 6) is 6.43. The number of hydrazine groups is 1. The van der Waals surface area contributed by atoms with Gasteiger partial charge in [0.25, 0.3) is 0 Å². The summed E-state index contributed by atoms with van der Waals surface area (Å²) in [5, 5.41) is 1.55. The fraction of sp³-hybridized carbons (Fsp3) is 0.375. The fourth-order valence-corrected chi connectivity index (χ4v) is 1.29. The van der Waals surface area contributed by atoms with Crippen LogP contribution in [0.1, 0.15) is 6.92 Å². The molecule has 6 heteroatoms. The van der Waals surface area contributed by atoms with Crippen LogP contribution in [0.5, 0.6) is 0 Å². The van der Waals surface area contributed by atoms with E-state index in [1.807, 2.05) is 18.5 Å². The molecule has 2 rings (SSSR count). The first-order chi connectivity index (χ1) is 6.74. The molecule has 0 bridgehead atoms. The van der Waals surface area contributed by atoms with E-state index < -0.39 is 0 Å². The lowest BCUT2D eigenvalue weighted by atomic mass is 10.4. The lowest BCUT2D eigenvalue weighted by molar-refractivity contribution is 0.867. The molecule has 74 valence electrons. The van der Waals surface area contributed by atoms with E-state index in [2.05, 4.69) is 15.0 Å². The molecule has 2 aromatic heterocycles. The summed E-state index contributed by atoms with van der Waals surface area (Å²) in [6.45, 7) is 2.64. The number of hydrogen-bond donors (Lipinski definition) is 1. The smallest absolute Gasteiger partial charge is 0.174 e. The van der Waals surface area contributed by atoms with Crippen molar-refractivity contribution >= 4 is 17.0 Å². The van der Waals surface area contributed by atoms with Crippen LogP contribution in [0.25, 0.3) is 11.2 Å². The van der Waals surface area contributed by atoms with Crippen molar-refractivity contribution in [3.8, 4) is 0 Å². The minimum atomic E-state index is 0.665. The average molecular weight is 192 g/mol. The van der Waals surface area contributed by atoms with Crippen LogP contribution in [0, 0.1) is 0 Å². The van der Waals surface area contributed by atoms with Crippen molar-refractivity contribution in [3.05, 3.63) is 12.7 Å². The molecule has 0 aliphatic heterocycles. The summed E-state index contributed by atoms with van der Waals surface area (Å²) in [4.78, 5) is 12.4. The molecule has 0 saturated heterocycles. The van der Waals surface area contributed by atoms with E-state index in [4.69, 9.17) is 5.84 Å². The Morgan fingerprint density at radius 2 is 2.21 bits per heavy atom. The molecule has 0 saturated carbocycles. The van der Waals surface area contributed by atoms with Crippen LogP contribution < -0.4 is 10.9 Å². The second kappa shape index (κ2) is 3.22. The topological polar surface area (TPSA) is 72.9 Å². The Hall–Kier alpha value is -1.69. The number of nitrogens with zero attached hydrogens (tertiary/aromatic N) is 5. The van der Waals surface area contributed by atoms with E-state index in [1.165, 1.54) is 6.33 Å². The first-order valence-electron chi connectivity index (χ1n) is 4.38. The molecule has 2 N–H and O–H groups in total. The van der Waals surface area contributed by atoms with Gasteiger partial charge in [-0.1, -0.05) is 0 Å². The predicted molar refractivity (Wildman–Crippen MR) is 53.5 cm³/mol. The van der Waals surface area contributed by atoms with Crippen molar-refractivity contribution in [1.82, 2.24) is 19.5 Å². The molecule has 0 spiro atoms. The Kier molecular flexibility index (Phi) is 2.05. The van der Waals surface area contributed by atoms with Crippen LogP contribution in [0.4, 0.5) is 5.82 Å². The molecule has 0 amide bonds. The Morgan fingerprint density at radius 1 is 1.43 bits per heavy atom. The Morgan fingerprint density at radius 3 is 2.93 bits per heavy atom. The fourth-order valence-electron chi connectivity index (χ4n) is 1.29. The van der Waals surface area contributed by atoms with E-state index >= 15 is 0 Å². The van der Waals surface area contributed by atoms with Crippen LogP contribution in [-0.4, -0.2) is 26.1 Å². The van der Waals surface area contributed by atoms with Gasteiger partial charge in [0.1, 0.15) is 6.33 Å². The monoisotopic (exact) mass is 192 g/mol. The zero-order valence-corrected chi connectivity index (χ0v) is 8.18. The van der Waals surface area contributed by atoms with Gasteiger partial charge in [-0.2, -0.15) is 0 Å². The number of aryl methyl sites for hydroxylation is 1. The zero-order valence-electron chi connectivity index (χ0n) is 8.18. The van der Waals surface area contributed by atoms with Gasteiger partial charge in [0.15, 0.2) is 17.0 Å². The Balaban J connectivity index is 2.65. The first-order valence-corrected chi connectivity index (χ1v) is 4.38. The van der Waals surface area contributed by atoms with Crippen LogP contribution >= 0.6 is 0 Å². The van der Waals surface area contributed by atoms with Gasteiger partial charge in [-0.25, -0.2) is 20.8 Å². The number of fused-ring (bicyclic) bond motifs is 1. The quantitative estimate of drug-likeness (QED) is 0.538. The summed E-state index contributed by atoms with van der Waals surface area (Å²) in [6, 6.07) is 0. The number of aromatic nitrogens is 4. The van der Waals surface area contributed by atoms with Crippen molar-refractivity contribution < 1.29 is 0 Å². The van der Waals surface area contributed by atoms with Gasteiger partial charge < -0.3 is 4.57 Å². The molecule has 6 nitrogen and oxygen atoms in total. The van der Waals surface area contributed by atoms with Gasteiger partial charge in [0.05, 0.1) is 6.33 Å². The molecule has 0 aliphatic carbocycles. The van der Waals surface area contributed by atoms with Crippen LogP contribution in [-0.2, 0) is 7.05 Å². The maximum absolute atomic E-state index is 5.76. The molecule has 0 fully saturated rings. The van der Waals surface area contributed by atoms with Gasteiger partial charge in [-0.3, -0.25) is 5.01 Å². The highest BCUT2D eigenvalue weighted by Crippen LogP contribution is 2.17. The third-order valence-electron chi connectivity index (χ3n) is 2.09. The Bertz CT molecular complexity index is 448. The van der Waals surface area contributed by atoms with Crippen LogP contribution in [0.15, 0.2) is 12.7 Å². The van der Waals surface area contributed by atoms with Crippen molar-refractivity contribution in [1.29, 1.82) is 0 Å². The van der Waals surface area contributed by atoms with E-state index in [9.17, 15) is 0 Å². The van der Waals surface area contributed by atoms with Crippen molar-refractivity contribution in [2.24, 2.45) is 12.9 Å². The summed E-state index contributed by atoms with van der Waals surface area (Å²) in [5.41, 5.74) is 1.53. The second-order valence-electron chi connectivity index (χ2n) is 3.01. The number of anilines is 1. The Labute approximate surface area is 81.4 Å². The number of imidazole rings is 1.